The quantitative estimate of drug-likeness (QED) is 0.533. The Labute approximate surface area is 174 Å². The Morgan fingerprint density at radius 2 is 1.79 bits per heavy atom. The number of carbonyl (C=O) groups is 1. The lowest BCUT2D eigenvalue weighted by atomic mass is 10.2. The number of methoxy groups -OCH3 is 1. The highest BCUT2D eigenvalue weighted by Crippen LogP contribution is 2.36. The maximum atomic E-state index is 13.3. The van der Waals surface area contributed by atoms with Crippen LogP contribution in [0.15, 0.2) is 36.4 Å². The lowest BCUT2D eigenvalue weighted by Crippen LogP contribution is -2.38. The highest BCUT2D eigenvalue weighted by Gasteiger charge is 2.23. The van der Waals surface area contributed by atoms with Crippen LogP contribution in [0.5, 0.6) is 5.75 Å². The zero-order chi connectivity index (χ0) is 21.0. The third-order valence-electron chi connectivity index (χ3n) is 5.01. The number of aryl methyl sites for hydroxylation is 1. The highest BCUT2D eigenvalue weighted by molar-refractivity contribution is 7.22. The Kier molecular flexibility index (Phi) is 6.82. The highest BCUT2D eigenvalue weighted by atomic mass is 32.1. The fraction of sp³-hybridized carbons (Fsp3) is 0.364. The van der Waals surface area contributed by atoms with E-state index in [-0.39, 0.29) is 11.7 Å². The number of amides is 1. The van der Waals surface area contributed by atoms with Gasteiger partial charge in [0.1, 0.15) is 17.1 Å². The summed E-state index contributed by atoms with van der Waals surface area (Å²) in [5, 5.41) is 0.620. The number of hydrogen-bond acceptors (Lipinski definition) is 5. The van der Waals surface area contributed by atoms with E-state index in [2.05, 4.69) is 18.7 Å². The third kappa shape index (κ3) is 4.57. The molecule has 0 saturated heterocycles. The number of aromatic nitrogens is 1. The molecule has 1 amide bonds. The van der Waals surface area contributed by atoms with E-state index in [0.29, 0.717) is 23.0 Å². The summed E-state index contributed by atoms with van der Waals surface area (Å²) >= 11 is 1.48. The number of likely N-dealkylation sites (N-methyl/N-ethyl adjacent to an activating group) is 1. The van der Waals surface area contributed by atoms with Crippen molar-refractivity contribution < 1.29 is 13.9 Å². The first-order chi connectivity index (χ1) is 14.0. The average molecular weight is 416 g/mol. The number of carbonyl (C=O) groups excluding carboxylic acids is 1. The van der Waals surface area contributed by atoms with Crippen molar-refractivity contribution in [1.29, 1.82) is 0 Å². The van der Waals surface area contributed by atoms with E-state index in [0.717, 1.165) is 35.4 Å². The van der Waals surface area contributed by atoms with E-state index in [1.807, 2.05) is 19.1 Å². The summed E-state index contributed by atoms with van der Waals surface area (Å²) < 4.78 is 19.8. The molecule has 0 atom stereocenters. The molecule has 1 heterocycles. The molecule has 0 N–H and O–H groups in total. The van der Waals surface area contributed by atoms with Crippen molar-refractivity contribution in [3.63, 3.8) is 0 Å². The summed E-state index contributed by atoms with van der Waals surface area (Å²) in [6.07, 6.45) is 0. The first-order valence-electron chi connectivity index (χ1n) is 9.72. The van der Waals surface area contributed by atoms with E-state index in [1.54, 1.807) is 12.0 Å². The zero-order valence-corrected chi connectivity index (χ0v) is 18.1. The third-order valence-corrected chi connectivity index (χ3v) is 6.23. The molecule has 0 spiro atoms. The molecular weight excluding hydrogens is 389 g/mol. The molecule has 0 aliphatic rings. The van der Waals surface area contributed by atoms with Crippen LogP contribution in [0.2, 0.25) is 0 Å². The van der Waals surface area contributed by atoms with Crippen LogP contribution in [0.1, 0.15) is 29.8 Å². The van der Waals surface area contributed by atoms with Crippen molar-refractivity contribution in [2.24, 2.45) is 0 Å². The van der Waals surface area contributed by atoms with Crippen molar-refractivity contribution >= 4 is 32.6 Å². The number of rotatable bonds is 8. The predicted molar refractivity (Wildman–Crippen MR) is 117 cm³/mol. The lowest BCUT2D eigenvalue weighted by Gasteiger charge is -2.24. The van der Waals surface area contributed by atoms with E-state index in [4.69, 9.17) is 9.72 Å². The molecule has 0 aliphatic carbocycles. The van der Waals surface area contributed by atoms with Gasteiger partial charge >= 0.3 is 0 Å². The number of nitrogens with zero attached hydrogens (tertiary/aromatic N) is 3. The number of thiazole rings is 1. The largest absolute Gasteiger partial charge is 0.494 e. The second-order valence-electron chi connectivity index (χ2n) is 6.75. The van der Waals surface area contributed by atoms with E-state index >= 15 is 0 Å². The first kappa shape index (κ1) is 21.2. The molecule has 3 aromatic rings. The second kappa shape index (κ2) is 9.33. The van der Waals surface area contributed by atoms with Crippen molar-refractivity contribution in [2.45, 2.75) is 20.8 Å². The molecule has 0 saturated carbocycles. The number of fused-ring (bicyclic) bond motifs is 1. The minimum Gasteiger partial charge on any atom is -0.494 e. The number of anilines is 1. The second-order valence-corrected chi connectivity index (χ2v) is 7.73. The Morgan fingerprint density at radius 3 is 2.41 bits per heavy atom. The summed E-state index contributed by atoms with van der Waals surface area (Å²) in [5.41, 5.74) is 2.28. The van der Waals surface area contributed by atoms with Crippen LogP contribution in [0.4, 0.5) is 9.52 Å². The fourth-order valence-corrected chi connectivity index (χ4v) is 4.27. The van der Waals surface area contributed by atoms with Crippen LogP contribution in [0.25, 0.3) is 10.2 Å². The van der Waals surface area contributed by atoms with Crippen molar-refractivity contribution in [2.75, 3.05) is 38.2 Å². The number of hydrogen-bond donors (Lipinski definition) is 0. The van der Waals surface area contributed by atoms with Crippen molar-refractivity contribution in [1.82, 2.24) is 9.88 Å². The number of benzene rings is 2. The van der Waals surface area contributed by atoms with E-state index in [1.165, 1.54) is 35.6 Å². The minimum absolute atomic E-state index is 0.187. The van der Waals surface area contributed by atoms with Crippen molar-refractivity contribution in [3.8, 4) is 5.75 Å². The molecule has 0 radical (unpaired) electrons. The molecule has 0 unspecified atom stereocenters. The van der Waals surface area contributed by atoms with Crippen LogP contribution >= 0.6 is 11.3 Å². The minimum atomic E-state index is -0.364. The molecule has 1 aromatic heterocycles. The van der Waals surface area contributed by atoms with Gasteiger partial charge in [0, 0.05) is 18.7 Å². The maximum Gasteiger partial charge on any atom is 0.260 e. The predicted octanol–water partition coefficient (Wildman–Crippen LogP) is 4.74. The van der Waals surface area contributed by atoms with Gasteiger partial charge in [-0.05, 0) is 55.9 Å². The lowest BCUT2D eigenvalue weighted by molar-refractivity contribution is 0.0983. The molecule has 0 bridgehead atoms. The summed E-state index contributed by atoms with van der Waals surface area (Å²) in [7, 11) is 1.62. The Morgan fingerprint density at radius 1 is 1.10 bits per heavy atom. The van der Waals surface area contributed by atoms with Crippen LogP contribution < -0.4 is 9.64 Å². The molecule has 5 nitrogen and oxygen atoms in total. The molecule has 29 heavy (non-hydrogen) atoms. The standard InChI is InChI=1S/C22H26FN3O2S/c1-5-25(6-2)13-14-26(21(27)16-8-10-17(23)11-9-16)22-24-19-18(28-4)12-7-15(3)20(19)29-22/h7-12H,5-6,13-14H2,1-4H3. The molecule has 0 aliphatic heterocycles. The maximum absolute atomic E-state index is 13.3. The SMILES string of the molecule is CCN(CC)CCN(C(=O)c1ccc(F)cc1)c1nc2c(OC)ccc(C)c2s1. The molecule has 154 valence electrons. The van der Waals surface area contributed by atoms with Gasteiger partial charge in [0.2, 0.25) is 0 Å². The number of ether oxygens (including phenoxy) is 1. The monoisotopic (exact) mass is 415 g/mol. The van der Waals surface area contributed by atoms with Crippen LogP contribution in [-0.4, -0.2) is 49.1 Å². The van der Waals surface area contributed by atoms with Gasteiger partial charge in [-0.15, -0.1) is 0 Å². The van der Waals surface area contributed by atoms with E-state index < -0.39 is 0 Å². The molecule has 2 aromatic carbocycles. The normalized spacial score (nSPS) is 11.2. The Hall–Kier alpha value is -2.51. The first-order valence-corrected chi connectivity index (χ1v) is 10.5. The van der Waals surface area contributed by atoms with E-state index in [9.17, 15) is 9.18 Å². The molecule has 0 fully saturated rings. The summed E-state index contributed by atoms with van der Waals surface area (Å²) in [6, 6.07) is 9.53. The summed E-state index contributed by atoms with van der Waals surface area (Å²) in [6.45, 7) is 9.25. The Bertz CT molecular complexity index is 984. The molecule has 7 heteroatoms. The van der Waals surface area contributed by atoms with Gasteiger partial charge in [-0.3, -0.25) is 9.69 Å². The van der Waals surface area contributed by atoms with Crippen LogP contribution in [-0.2, 0) is 0 Å². The van der Waals surface area contributed by atoms with Gasteiger partial charge in [0.05, 0.1) is 11.8 Å². The zero-order valence-electron chi connectivity index (χ0n) is 17.2. The van der Waals surface area contributed by atoms with Crippen molar-refractivity contribution in [3.05, 3.63) is 53.3 Å². The number of halogens is 1. The topological polar surface area (TPSA) is 45.7 Å². The van der Waals surface area contributed by atoms with Gasteiger partial charge in [-0.2, -0.15) is 0 Å². The van der Waals surface area contributed by atoms with Gasteiger partial charge in [0.25, 0.3) is 5.91 Å². The van der Waals surface area contributed by atoms with Crippen LogP contribution in [0, 0.1) is 12.7 Å². The summed E-state index contributed by atoms with van der Waals surface area (Å²) in [5.74, 6) is 0.135. The Balaban J connectivity index is 2.02. The fourth-order valence-electron chi connectivity index (χ4n) is 3.19. The van der Waals surface area contributed by atoms with Crippen LogP contribution in [0.3, 0.4) is 0 Å². The van der Waals surface area contributed by atoms with Gasteiger partial charge < -0.3 is 9.64 Å². The molecular formula is C22H26FN3O2S. The smallest absolute Gasteiger partial charge is 0.260 e. The molecule has 3 rings (SSSR count). The van der Waals surface area contributed by atoms with Gasteiger partial charge in [0.15, 0.2) is 5.13 Å². The van der Waals surface area contributed by atoms with Gasteiger partial charge in [-0.25, -0.2) is 9.37 Å². The summed E-state index contributed by atoms with van der Waals surface area (Å²) in [4.78, 5) is 22.0. The average Bonchev–Trinajstić information content (AvgIpc) is 3.18. The van der Waals surface area contributed by atoms with Gasteiger partial charge in [-0.1, -0.05) is 31.3 Å².